The molecular formula is C19H20ClFN2O2. The van der Waals surface area contributed by atoms with Crippen LogP contribution in [-0.2, 0) is 4.74 Å². The van der Waals surface area contributed by atoms with Crippen LogP contribution in [0.2, 0.25) is 5.02 Å². The molecule has 4 nitrogen and oxygen atoms in total. The van der Waals surface area contributed by atoms with Gasteiger partial charge >= 0.3 is 0 Å². The zero-order chi connectivity index (χ0) is 17.6. The van der Waals surface area contributed by atoms with Crippen molar-refractivity contribution in [2.24, 2.45) is 5.92 Å². The van der Waals surface area contributed by atoms with E-state index in [2.05, 4.69) is 10.6 Å². The predicted octanol–water partition coefficient (Wildman–Crippen LogP) is 3.19. The number of carbonyl (C=O) groups excluding carboxylic acids is 1. The van der Waals surface area contributed by atoms with E-state index in [1.54, 1.807) is 18.2 Å². The molecule has 0 aromatic heterocycles. The van der Waals surface area contributed by atoms with E-state index in [-0.39, 0.29) is 23.0 Å². The number of hydrogen-bond donors (Lipinski definition) is 2. The van der Waals surface area contributed by atoms with Gasteiger partial charge in [-0.25, -0.2) is 4.39 Å². The number of nitrogens with one attached hydrogen (secondary N) is 2. The van der Waals surface area contributed by atoms with Crippen molar-refractivity contribution in [3.63, 3.8) is 0 Å². The Morgan fingerprint density at radius 2 is 2.08 bits per heavy atom. The maximum absolute atomic E-state index is 13.8. The SMILES string of the molecule is O=C(NCC1CNCCOC1c1ccc(Cl)c(F)c1)c1ccccc1. The minimum atomic E-state index is -0.466. The third-order valence-corrected chi connectivity index (χ3v) is 4.55. The summed E-state index contributed by atoms with van der Waals surface area (Å²) in [5.41, 5.74) is 1.34. The molecule has 2 atom stereocenters. The van der Waals surface area contributed by atoms with Crippen LogP contribution in [0.4, 0.5) is 4.39 Å². The molecule has 1 saturated heterocycles. The van der Waals surface area contributed by atoms with Crippen LogP contribution in [0.5, 0.6) is 0 Å². The molecule has 1 aliphatic heterocycles. The first-order valence-corrected chi connectivity index (χ1v) is 8.63. The van der Waals surface area contributed by atoms with E-state index in [4.69, 9.17) is 16.3 Å². The number of carbonyl (C=O) groups is 1. The van der Waals surface area contributed by atoms with Gasteiger partial charge in [0.25, 0.3) is 5.91 Å². The van der Waals surface area contributed by atoms with E-state index in [1.165, 1.54) is 12.1 Å². The molecular weight excluding hydrogens is 343 g/mol. The highest BCUT2D eigenvalue weighted by molar-refractivity contribution is 6.30. The normalized spacial score (nSPS) is 20.7. The van der Waals surface area contributed by atoms with Crippen molar-refractivity contribution in [2.75, 3.05) is 26.2 Å². The standard InChI is InChI=1S/C19H20ClFN2O2/c20-16-7-6-14(10-17(16)21)18-15(11-22-8-9-25-18)12-23-19(24)13-4-2-1-3-5-13/h1-7,10,15,18,22H,8-9,11-12H2,(H,23,24). The molecule has 2 N–H and O–H groups in total. The lowest BCUT2D eigenvalue weighted by Crippen LogP contribution is -2.36. The minimum absolute atomic E-state index is 0.0178. The summed E-state index contributed by atoms with van der Waals surface area (Å²) < 4.78 is 19.7. The molecule has 1 fully saturated rings. The van der Waals surface area contributed by atoms with Crippen LogP contribution in [0.25, 0.3) is 0 Å². The lowest BCUT2D eigenvalue weighted by Gasteiger charge is -2.25. The van der Waals surface area contributed by atoms with Crippen LogP contribution in [0, 0.1) is 11.7 Å². The molecule has 1 aliphatic rings. The molecule has 0 aliphatic carbocycles. The molecule has 0 spiro atoms. The zero-order valence-electron chi connectivity index (χ0n) is 13.7. The van der Waals surface area contributed by atoms with Crippen molar-refractivity contribution in [2.45, 2.75) is 6.10 Å². The lowest BCUT2D eigenvalue weighted by molar-refractivity contribution is 0.0304. The van der Waals surface area contributed by atoms with Gasteiger partial charge in [0.15, 0.2) is 0 Å². The summed E-state index contributed by atoms with van der Waals surface area (Å²) in [4.78, 5) is 12.3. The van der Waals surface area contributed by atoms with Crippen LogP contribution >= 0.6 is 11.6 Å². The van der Waals surface area contributed by atoms with Crippen LogP contribution in [0.15, 0.2) is 48.5 Å². The predicted molar refractivity (Wildman–Crippen MR) is 95.2 cm³/mol. The summed E-state index contributed by atoms with van der Waals surface area (Å²) in [6.07, 6.45) is -0.308. The molecule has 25 heavy (non-hydrogen) atoms. The Morgan fingerprint density at radius 3 is 2.84 bits per heavy atom. The second-order valence-corrected chi connectivity index (χ2v) is 6.41. The smallest absolute Gasteiger partial charge is 0.251 e. The van der Waals surface area contributed by atoms with Crippen molar-refractivity contribution in [3.05, 3.63) is 70.5 Å². The summed E-state index contributed by atoms with van der Waals surface area (Å²) in [6, 6.07) is 13.8. The molecule has 3 rings (SSSR count). The van der Waals surface area contributed by atoms with Crippen LogP contribution in [-0.4, -0.2) is 32.1 Å². The fourth-order valence-electron chi connectivity index (χ4n) is 2.94. The Kier molecular flexibility index (Phi) is 6.02. The third kappa shape index (κ3) is 4.57. The summed E-state index contributed by atoms with van der Waals surface area (Å²) >= 11 is 5.77. The zero-order valence-corrected chi connectivity index (χ0v) is 14.4. The monoisotopic (exact) mass is 362 g/mol. The maximum Gasteiger partial charge on any atom is 0.251 e. The molecule has 6 heteroatoms. The molecule has 2 aromatic rings. The van der Waals surface area contributed by atoms with Gasteiger partial charge in [0.2, 0.25) is 0 Å². The number of hydrogen-bond acceptors (Lipinski definition) is 3. The van der Waals surface area contributed by atoms with Crippen molar-refractivity contribution in [3.8, 4) is 0 Å². The molecule has 0 radical (unpaired) electrons. The van der Waals surface area contributed by atoms with Gasteiger partial charge in [0, 0.05) is 31.1 Å². The van der Waals surface area contributed by atoms with Gasteiger partial charge in [-0.05, 0) is 29.8 Å². The Balaban J connectivity index is 1.72. The van der Waals surface area contributed by atoms with E-state index in [0.29, 0.717) is 25.3 Å². The van der Waals surface area contributed by atoms with E-state index < -0.39 is 5.82 Å². The summed E-state index contributed by atoms with van der Waals surface area (Å²) in [5, 5.41) is 6.32. The highest BCUT2D eigenvalue weighted by Gasteiger charge is 2.27. The average molecular weight is 363 g/mol. The number of halogens is 2. The van der Waals surface area contributed by atoms with Gasteiger partial charge in [-0.1, -0.05) is 35.9 Å². The van der Waals surface area contributed by atoms with E-state index in [1.807, 2.05) is 18.2 Å². The highest BCUT2D eigenvalue weighted by atomic mass is 35.5. The number of rotatable bonds is 4. The Bertz CT molecular complexity index is 727. The Hall–Kier alpha value is -1.95. The second kappa shape index (κ2) is 8.43. The topological polar surface area (TPSA) is 50.4 Å². The summed E-state index contributed by atoms with van der Waals surface area (Å²) in [6.45, 7) is 2.34. The van der Waals surface area contributed by atoms with Gasteiger partial charge < -0.3 is 15.4 Å². The van der Waals surface area contributed by atoms with Gasteiger partial charge in [-0.15, -0.1) is 0 Å². The molecule has 1 amide bonds. The molecule has 2 aromatic carbocycles. The molecule has 1 heterocycles. The number of amides is 1. The largest absolute Gasteiger partial charge is 0.372 e. The number of benzene rings is 2. The average Bonchev–Trinajstić information content (AvgIpc) is 2.88. The first-order chi connectivity index (χ1) is 12.1. The van der Waals surface area contributed by atoms with E-state index >= 15 is 0 Å². The highest BCUT2D eigenvalue weighted by Crippen LogP contribution is 2.29. The summed E-state index contributed by atoms with van der Waals surface area (Å²) in [7, 11) is 0. The van der Waals surface area contributed by atoms with Crippen LogP contribution < -0.4 is 10.6 Å². The van der Waals surface area contributed by atoms with Crippen molar-refractivity contribution in [1.29, 1.82) is 0 Å². The minimum Gasteiger partial charge on any atom is -0.372 e. The molecule has 0 saturated carbocycles. The lowest BCUT2D eigenvalue weighted by atomic mass is 9.95. The third-order valence-electron chi connectivity index (χ3n) is 4.24. The van der Waals surface area contributed by atoms with Crippen LogP contribution in [0.3, 0.4) is 0 Å². The van der Waals surface area contributed by atoms with Gasteiger partial charge in [0.05, 0.1) is 17.7 Å². The maximum atomic E-state index is 13.8. The first-order valence-electron chi connectivity index (χ1n) is 8.25. The van der Waals surface area contributed by atoms with E-state index in [9.17, 15) is 9.18 Å². The summed E-state index contributed by atoms with van der Waals surface area (Å²) in [5.74, 6) is -0.617. The molecule has 2 unspecified atom stereocenters. The molecule has 132 valence electrons. The first kappa shape index (κ1) is 17.9. The number of ether oxygens (including phenoxy) is 1. The van der Waals surface area contributed by atoms with Crippen LogP contribution in [0.1, 0.15) is 22.0 Å². The van der Waals surface area contributed by atoms with Gasteiger partial charge in [-0.3, -0.25) is 4.79 Å². The molecule has 0 bridgehead atoms. The van der Waals surface area contributed by atoms with Gasteiger partial charge in [-0.2, -0.15) is 0 Å². The quantitative estimate of drug-likeness (QED) is 0.878. The fourth-order valence-corrected chi connectivity index (χ4v) is 3.06. The second-order valence-electron chi connectivity index (χ2n) is 6.01. The fraction of sp³-hybridized carbons (Fsp3) is 0.316. The van der Waals surface area contributed by atoms with Gasteiger partial charge in [0.1, 0.15) is 5.82 Å². The van der Waals surface area contributed by atoms with Crippen molar-refractivity contribution >= 4 is 17.5 Å². The van der Waals surface area contributed by atoms with Crippen molar-refractivity contribution in [1.82, 2.24) is 10.6 Å². The Morgan fingerprint density at radius 1 is 1.28 bits per heavy atom. The Labute approximate surface area is 151 Å². The van der Waals surface area contributed by atoms with E-state index in [0.717, 1.165) is 12.1 Å². The van der Waals surface area contributed by atoms with Crippen molar-refractivity contribution < 1.29 is 13.9 Å².